The van der Waals surface area contributed by atoms with Crippen molar-refractivity contribution >= 4 is 57.2 Å². The number of para-hydroxylation sites is 1. The molecule has 5 N–H and O–H groups in total. The van der Waals surface area contributed by atoms with Crippen LogP contribution >= 0.6 is 0 Å². The van der Waals surface area contributed by atoms with Gasteiger partial charge in [0.25, 0.3) is 0 Å². The molecule has 5 amide bonds. The molecule has 294 valence electrons. The second-order valence-corrected chi connectivity index (χ2v) is 15.5. The monoisotopic (exact) mass is 774 g/mol. The lowest BCUT2D eigenvalue weighted by Gasteiger charge is -2.32. The molecule has 0 bridgehead atoms. The third-order valence-electron chi connectivity index (χ3n) is 9.80. The van der Waals surface area contributed by atoms with Gasteiger partial charge in [0.15, 0.2) is 0 Å². The first-order chi connectivity index (χ1) is 26.2. The van der Waals surface area contributed by atoms with E-state index in [0.29, 0.717) is 29.8 Å². The van der Waals surface area contributed by atoms with Crippen LogP contribution in [-0.2, 0) is 35.6 Å². The average molecular weight is 775 g/mol. The third kappa shape index (κ3) is 11.0. The number of aliphatic carboxylic acids is 1. The number of carbonyl (C=O) groups excluding carboxylic acids is 4. The molecule has 1 unspecified atom stereocenters. The molecule has 1 heterocycles. The number of nitrogens with zero attached hydrogens (tertiary/aromatic N) is 2. The molecule has 3 aromatic rings. The number of carbonyl (C=O) groups is 5. The zero-order valence-corrected chi connectivity index (χ0v) is 32.4. The van der Waals surface area contributed by atoms with Crippen LogP contribution < -0.4 is 21.3 Å². The van der Waals surface area contributed by atoms with Crippen LogP contribution in [-0.4, -0.2) is 90.7 Å². The van der Waals surface area contributed by atoms with Crippen LogP contribution in [0.25, 0.3) is 6.08 Å². The molecule has 3 aromatic carbocycles. The molecule has 0 aliphatic carbocycles. The highest BCUT2D eigenvalue weighted by molar-refractivity contribution is 7.89. The topological polar surface area (TPSA) is 194 Å². The van der Waals surface area contributed by atoms with E-state index in [-0.39, 0.29) is 49.1 Å². The quantitative estimate of drug-likeness (QED) is 0.131. The first-order valence-electron chi connectivity index (χ1n) is 18.2. The van der Waals surface area contributed by atoms with Gasteiger partial charge in [-0.1, -0.05) is 75.4 Å². The summed E-state index contributed by atoms with van der Waals surface area (Å²) < 4.78 is 27.9. The van der Waals surface area contributed by atoms with Gasteiger partial charge in [0, 0.05) is 31.5 Å². The van der Waals surface area contributed by atoms with Gasteiger partial charge in [0.05, 0.1) is 11.3 Å². The lowest BCUT2D eigenvalue weighted by atomic mass is 9.96. The second-order valence-electron chi connectivity index (χ2n) is 13.6. The molecule has 0 radical (unpaired) electrons. The van der Waals surface area contributed by atoms with Gasteiger partial charge in [0.1, 0.15) is 18.1 Å². The number of benzene rings is 3. The highest BCUT2D eigenvalue weighted by atomic mass is 32.2. The maximum absolute atomic E-state index is 13.5. The SMILES string of the molecule is C=Cc1ccc(S(=O)(=O)N2CCC[C@H]2C(=O)N[C@@H](CCNC(=O)[C@H](C(C)CC)N(C)C(=O)Cc2ccc(NC(=O)Nc3ccccc3C)cc2)C(=O)O)cc1. The summed E-state index contributed by atoms with van der Waals surface area (Å²) >= 11 is 0. The van der Waals surface area contributed by atoms with Crippen molar-refractivity contribution in [3.8, 4) is 0 Å². The minimum atomic E-state index is -4.03. The number of hydrogen-bond acceptors (Lipinski definition) is 7. The number of amides is 5. The first-order valence-corrected chi connectivity index (χ1v) is 19.6. The minimum absolute atomic E-state index is 0.00639. The lowest BCUT2D eigenvalue weighted by Crippen LogP contribution is -2.53. The van der Waals surface area contributed by atoms with Gasteiger partial charge in [-0.15, -0.1) is 0 Å². The smallest absolute Gasteiger partial charge is 0.326 e. The maximum Gasteiger partial charge on any atom is 0.326 e. The number of sulfonamides is 1. The number of carboxylic acids is 1. The van der Waals surface area contributed by atoms with Crippen molar-refractivity contribution in [1.29, 1.82) is 0 Å². The van der Waals surface area contributed by atoms with Crippen molar-refractivity contribution in [2.75, 3.05) is 30.8 Å². The molecule has 1 aliphatic heterocycles. The number of hydrogen-bond donors (Lipinski definition) is 5. The normalized spacial score (nSPS) is 15.9. The molecule has 0 saturated carbocycles. The summed E-state index contributed by atoms with van der Waals surface area (Å²) in [6.07, 6.45) is 2.63. The van der Waals surface area contributed by atoms with Crippen LogP contribution in [0.5, 0.6) is 0 Å². The average Bonchev–Trinajstić information content (AvgIpc) is 3.67. The fourth-order valence-electron chi connectivity index (χ4n) is 6.37. The number of anilines is 2. The summed E-state index contributed by atoms with van der Waals surface area (Å²) in [6, 6.07) is 16.5. The summed E-state index contributed by atoms with van der Waals surface area (Å²) in [6.45, 7) is 9.27. The number of likely N-dealkylation sites (N-methyl/N-ethyl adjacent to an activating group) is 1. The lowest BCUT2D eigenvalue weighted by molar-refractivity contribution is -0.142. The molecule has 1 fully saturated rings. The van der Waals surface area contributed by atoms with Crippen molar-refractivity contribution < 1.29 is 37.5 Å². The second kappa shape index (κ2) is 19.2. The molecule has 15 heteroatoms. The summed E-state index contributed by atoms with van der Waals surface area (Å²) in [5.41, 5.74) is 3.54. The van der Waals surface area contributed by atoms with E-state index in [4.69, 9.17) is 0 Å². The van der Waals surface area contributed by atoms with Gasteiger partial charge in [-0.25, -0.2) is 18.0 Å². The van der Waals surface area contributed by atoms with Gasteiger partial charge in [-0.3, -0.25) is 14.4 Å². The van der Waals surface area contributed by atoms with E-state index in [1.54, 1.807) is 55.6 Å². The Bertz CT molecular complexity index is 1970. The predicted octanol–water partition coefficient (Wildman–Crippen LogP) is 4.63. The van der Waals surface area contributed by atoms with E-state index in [1.165, 1.54) is 17.0 Å². The van der Waals surface area contributed by atoms with Crippen LogP contribution in [0.2, 0.25) is 0 Å². The molecule has 1 saturated heterocycles. The van der Waals surface area contributed by atoms with Gasteiger partial charge in [-0.05, 0) is 79.1 Å². The summed E-state index contributed by atoms with van der Waals surface area (Å²) in [5, 5.41) is 20.7. The van der Waals surface area contributed by atoms with E-state index in [2.05, 4.69) is 27.8 Å². The van der Waals surface area contributed by atoms with Gasteiger partial charge >= 0.3 is 12.0 Å². The molecular weight excluding hydrogens is 725 g/mol. The largest absolute Gasteiger partial charge is 0.480 e. The molecule has 1 aliphatic rings. The van der Waals surface area contributed by atoms with Crippen LogP contribution in [0, 0.1) is 12.8 Å². The molecule has 4 rings (SSSR count). The number of carboxylic acid groups (broad SMARTS) is 1. The Labute approximate surface area is 322 Å². The maximum atomic E-state index is 13.5. The standard InChI is InChI=1S/C40H50N6O8S/c1-6-26(3)36(45(5)35(47)25-29-14-18-30(19-15-29)42-40(52)44-32-12-9-8-11-27(32)4)38(49)41-23-22-33(39(50)51)43-37(48)34-13-10-24-46(34)55(53,54)31-20-16-28(7-2)17-21-31/h7-9,11-12,14-21,26,33-34,36H,2,6,10,13,22-25H2,1,3-5H3,(H,41,49)(H,43,48)(H,50,51)(H2,42,44,52)/t26?,33-,34-,36-/m0/s1. The molecule has 0 aromatic heterocycles. The highest BCUT2D eigenvalue weighted by Gasteiger charge is 2.40. The van der Waals surface area contributed by atoms with Crippen molar-refractivity contribution in [2.45, 2.75) is 75.9 Å². The number of aryl methyl sites for hydroxylation is 1. The van der Waals surface area contributed by atoms with Crippen LogP contribution in [0.4, 0.5) is 16.2 Å². The third-order valence-corrected chi connectivity index (χ3v) is 11.7. The number of rotatable bonds is 17. The molecule has 55 heavy (non-hydrogen) atoms. The fraction of sp³-hybridized carbons (Fsp3) is 0.375. The van der Waals surface area contributed by atoms with E-state index in [9.17, 15) is 37.5 Å². The Hall–Kier alpha value is -5.54. The van der Waals surface area contributed by atoms with E-state index < -0.39 is 52.0 Å². The van der Waals surface area contributed by atoms with Crippen molar-refractivity contribution in [3.63, 3.8) is 0 Å². The minimum Gasteiger partial charge on any atom is -0.480 e. The molecular formula is C40H50N6O8S. The number of urea groups is 1. The summed E-state index contributed by atoms with van der Waals surface area (Å²) in [4.78, 5) is 66.2. The Morgan fingerprint density at radius 2 is 1.67 bits per heavy atom. The van der Waals surface area contributed by atoms with Crippen LogP contribution in [0.3, 0.4) is 0 Å². The van der Waals surface area contributed by atoms with Gasteiger partial charge in [0.2, 0.25) is 27.7 Å². The number of nitrogens with one attached hydrogen (secondary N) is 4. The van der Waals surface area contributed by atoms with E-state index in [1.807, 2.05) is 39.0 Å². The summed E-state index contributed by atoms with van der Waals surface area (Å²) in [7, 11) is -2.49. The van der Waals surface area contributed by atoms with Crippen molar-refractivity contribution in [2.24, 2.45) is 5.92 Å². The zero-order chi connectivity index (χ0) is 40.3. The van der Waals surface area contributed by atoms with Gasteiger partial charge < -0.3 is 31.3 Å². The Morgan fingerprint density at radius 1 is 1.00 bits per heavy atom. The molecule has 0 spiro atoms. The van der Waals surface area contributed by atoms with E-state index >= 15 is 0 Å². The highest BCUT2D eigenvalue weighted by Crippen LogP contribution is 2.27. The summed E-state index contributed by atoms with van der Waals surface area (Å²) in [5.74, 6) is -3.11. The zero-order valence-electron chi connectivity index (χ0n) is 31.6. The predicted molar refractivity (Wildman–Crippen MR) is 211 cm³/mol. The van der Waals surface area contributed by atoms with Crippen molar-refractivity contribution in [1.82, 2.24) is 19.8 Å². The Morgan fingerprint density at radius 3 is 2.29 bits per heavy atom. The van der Waals surface area contributed by atoms with E-state index in [0.717, 1.165) is 15.4 Å². The van der Waals surface area contributed by atoms with Gasteiger partial charge in [-0.2, -0.15) is 4.31 Å². The first kappa shape index (κ1) is 42.2. The Kier molecular flexibility index (Phi) is 14.7. The van der Waals surface area contributed by atoms with Crippen LogP contribution in [0.15, 0.2) is 84.3 Å². The molecule has 4 atom stereocenters. The molecule has 14 nitrogen and oxygen atoms in total. The fourth-order valence-corrected chi connectivity index (χ4v) is 8.02. The van der Waals surface area contributed by atoms with Crippen LogP contribution in [0.1, 0.15) is 56.2 Å². The van der Waals surface area contributed by atoms with Crippen molar-refractivity contribution in [3.05, 3.63) is 96.1 Å². The Balaban J connectivity index is 1.32.